The van der Waals surface area contributed by atoms with Crippen molar-refractivity contribution >= 4 is 18.0 Å². The molecule has 0 heterocycles. The quantitative estimate of drug-likeness (QED) is 0.157. The molecule has 1 unspecified atom stereocenters. The molecule has 1 atom stereocenters. The first kappa shape index (κ1) is 30.5. The number of halogens is 5. The number of benzene rings is 3. The van der Waals surface area contributed by atoms with Crippen LogP contribution in [0.2, 0.25) is 0 Å². The molecule has 3 aromatic carbocycles. The minimum Gasteiger partial charge on any atom is -0.493 e. The summed E-state index contributed by atoms with van der Waals surface area (Å²) in [6.07, 6.45) is 0.727. The number of nitrogens with zero attached hydrogens (tertiary/aromatic N) is 1. The summed E-state index contributed by atoms with van der Waals surface area (Å²) in [4.78, 5) is 25.6. The number of carbonyl (C=O) groups is 2. The Hall–Kier alpha value is -4.03. The second kappa shape index (κ2) is 13.9. The van der Waals surface area contributed by atoms with Crippen LogP contribution in [0.3, 0.4) is 0 Å². The van der Waals surface area contributed by atoms with E-state index in [2.05, 4.69) is 10.6 Å². The summed E-state index contributed by atoms with van der Waals surface area (Å²) in [6.45, 7) is 1.18. The fourth-order valence-corrected chi connectivity index (χ4v) is 3.98. The summed E-state index contributed by atoms with van der Waals surface area (Å²) in [5.41, 5.74) is 0.354. The normalized spacial score (nSPS) is 11.8. The highest BCUT2D eigenvalue weighted by atomic mass is 19.2. The lowest BCUT2D eigenvalue weighted by molar-refractivity contribution is -0.105. The molecule has 3 rings (SSSR count). The van der Waals surface area contributed by atoms with Gasteiger partial charge < -0.3 is 20.5 Å². The molecular formula is C28H28F5N3O4. The van der Waals surface area contributed by atoms with Crippen molar-refractivity contribution in [2.45, 2.75) is 32.5 Å². The molecule has 0 aromatic heterocycles. The third kappa shape index (κ3) is 7.54. The molecule has 3 aromatic rings. The SMILES string of the molecule is CC(c1ccc(C(=O)NCc2c(F)cc(F)cc2F)cc1NC=O)N(C)Cc1cc(OCCCO)cc(F)c1F. The molecule has 0 spiro atoms. The number of hydrogen-bond acceptors (Lipinski definition) is 5. The van der Waals surface area contributed by atoms with Gasteiger partial charge in [-0.1, -0.05) is 6.07 Å². The third-order valence-electron chi connectivity index (χ3n) is 6.24. The van der Waals surface area contributed by atoms with E-state index >= 15 is 0 Å². The van der Waals surface area contributed by atoms with Crippen molar-refractivity contribution in [3.8, 4) is 5.75 Å². The zero-order valence-corrected chi connectivity index (χ0v) is 21.7. The number of hydrogen-bond donors (Lipinski definition) is 3. The van der Waals surface area contributed by atoms with E-state index in [0.717, 1.165) is 6.07 Å². The van der Waals surface area contributed by atoms with Gasteiger partial charge in [-0.05, 0) is 37.7 Å². The lowest BCUT2D eigenvalue weighted by Gasteiger charge is -2.27. The van der Waals surface area contributed by atoms with E-state index in [1.54, 1.807) is 24.9 Å². The second-order valence-electron chi connectivity index (χ2n) is 8.99. The number of rotatable bonds is 13. The molecule has 7 nitrogen and oxygen atoms in total. The van der Waals surface area contributed by atoms with E-state index in [1.807, 2.05) is 0 Å². The van der Waals surface area contributed by atoms with Crippen LogP contribution in [0.1, 0.15) is 46.4 Å². The van der Waals surface area contributed by atoms with Crippen molar-refractivity contribution < 1.29 is 41.4 Å². The predicted molar refractivity (Wildman–Crippen MR) is 137 cm³/mol. The number of amides is 2. The van der Waals surface area contributed by atoms with Crippen molar-refractivity contribution in [3.63, 3.8) is 0 Å². The summed E-state index contributed by atoms with van der Waals surface area (Å²) < 4.78 is 75.0. The summed E-state index contributed by atoms with van der Waals surface area (Å²) in [5, 5.41) is 13.7. The van der Waals surface area contributed by atoms with Crippen LogP contribution in [0.5, 0.6) is 5.75 Å². The molecule has 3 N–H and O–H groups in total. The van der Waals surface area contributed by atoms with Gasteiger partial charge in [-0.25, -0.2) is 22.0 Å². The van der Waals surface area contributed by atoms with Gasteiger partial charge in [0, 0.05) is 72.7 Å². The minimum absolute atomic E-state index is 0.0227. The highest BCUT2D eigenvalue weighted by Gasteiger charge is 2.21. The topological polar surface area (TPSA) is 90.9 Å². The van der Waals surface area contributed by atoms with Gasteiger partial charge in [0.05, 0.1) is 6.61 Å². The molecule has 2 amide bonds. The molecular weight excluding hydrogens is 537 g/mol. The Kier molecular flexibility index (Phi) is 10.6. The van der Waals surface area contributed by atoms with Gasteiger partial charge in [0.1, 0.15) is 23.2 Å². The number of aliphatic hydroxyl groups excluding tert-OH is 1. The molecule has 214 valence electrons. The first-order valence-corrected chi connectivity index (χ1v) is 12.2. The van der Waals surface area contributed by atoms with Crippen LogP contribution in [-0.2, 0) is 17.9 Å². The van der Waals surface area contributed by atoms with E-state index in [4.69, 9.17) is 9.84 Å². The average molecular weight is 566 g/mol. The van der Waals surface area contributed by atoms with Gasteiger partial charge in [-0.2, -0.15) is 0 Å². The smallest absolute Gasteiger partial charge is 0.251 e. The largest absolute Gasteiger partial charge is 0.493 e. The zero-order chi connectivity index (χ0) is 29.4. The molecule has 0 aliphatic carbocycles. The van der Waals surface area contributed by atoms with Gasteiger partial charge in [0.2, 0.25) is 6.41 Å². The first-order valence-electron chi connectivity index (χ1n) is 12.2. The number of anilines is 1. The Morgan fingerprint density at radius 2 is 1.75 bits per heavy atom. The monoisotopic (exact) mass is 565 g/mol. The molecule has 0 bridgehead atoms. The van der Waals surface area contributed by atoms with E-state index in [1.165, 1.54) is 18.2 Å². The van der Waals surface area contributed by atoms with Gasteiger partial charge in [0.25, 0.3) is 5.91 Å². The maximum absolute atomic E-state index is 14.5. The number of aliphatic hydroxyl groups is 1. The number of nitrogens with one attached hydrogen (secondary N) is 2. The maximum atomic E-state index is 14.5. The Morgan fingerprint density at radius 3 is 2.40 bits per heavy atom. The van der Waals surface area contributed by atoms with Crippen LogP contribution in [0.4, 0.5) is 27.6 Å². The van der Waals surface area contributed by atoms with Crippen molar-refractivity contribution in [3.05, 3.63) is 93.8 Å². The molecule has 0 fully saturated rings. The average Bonchev–Trinajstić information content (AvgIpc) is 2.90. The second-order valence-corrected chi connectivity index (χ2v) is 8.99. The summed E-state index contributed by atoms with van der Waals surface area (Å²) >= 11 is 0. The highest BCUT2D eigenvalue weighted by molar-refractivity contribution is 5.96. The van der Waals surface area contributed by atoms with Crippen LogP contribution in [0, 0.1) is 29.1 Å². The van der Waals surface area contributed by atoms with Gasteiger partial charge in [-0.15, -0.1) is 0 Å². The van der Waals surface area contributed by atoms with Gasteiger partial charge in [-0.3, -0.25) is 14.5 Å². The lowest BCUT2D eigenvalue weighted by atomic mass is 10.0. The van der Waals surface area contributed by atoms with E-state index < -0.39 is 53.1 Å². The molecule has 0 aliphatic heterocycles. The predicted octanol–water partition coefficient (Wildman–Crippen LogP) is 4.83. The van der Waals surface area contributed by atoms with E-state index in [9.17, 15) is 31.5 Å². The van der Waals surface area contributed by atoms with Crippen molar-refractivity contribution in [2.24, 2.45) is 0 Å². The zero-order valence-electron chi connectivity index (χ0n) is 21.7. The minimum atomic E-state index is -1.15. The third-order valence-corrected chi connectivity index (χ3v) is 6.24. The van der Waals surface area contributed by atoms with Gasteiger partial charge in [0.15, 0.2) is 11.6 Å². The Balaban J connectivity index is 1.77. The molecule has 12 heteroatoms. The fourth-order valence-electron chi connectivity index (χ4n) is 3.98. The number of carbonyl (C=O) groups excluding carboxylic acids is 2. The molecule has 0 aliphatic rings. The maximum Gasteiger partial charge on any atom is 0.251 e. The highest BCUT2D eigenvalue weighted by Crippen LogP contribution is 2.30. The van der Waals surface area contributed by atoms with Crippen LogP contribution >= 0.6 is 0 Å². The molecule has 0 saturated carbocycles. The summed E-state index contributed by atoms with van der Waals surface area (Å²) in [5.74, 6) is -6.10. The van der Waals surface area contributed by atoms with Crippen LogP contribution in [0.15, 0.2) is 42.5 Å². The van der Waals surface area contributed by atoms with Crippen LogP contribution in [0.25, 0.3) is 0 Å². The first-order chi connectivity index (χ1) is 19.0. The Labute approximate surface area is 227 Å². The Bertz CT molecular complexity index is 1350. The molecule has 0 radical (unpaired) electrons. The van der Waals surface area contributed by atoms with Crippen LogP contribution < -0.4 is 15.4 Å². The van der Waals surface area contributed by atoms with E-state index in [-0.39, 0.29) is 42.3 Å². The van der Waals surface area contributed by atoms with Crippen molar-refractivity contribution in [1.82, 2.24) is 10.2 Å². The molecule has 0 saturated heterocycles. The van der Waals surface area contributed by atoms with Crippen molar-refractivity contribution in [1.29, 1.82) is 0 Å². The Morgan fingerprint density at radius 1 is 1.05 bits per heavy atom. The summed E-state index contributed by atoms with van der Waals surface area (Å²) in [6, 6.07) is 7.16. The molecule has 40 heavy (non-hydrogen) atoms. The van der Waals surface area contributed by atoms with E-state index in [0.29, 0.717) is 30.5 Å². The lowest BCUT2D eigenvalue weighted by Crippen LogP contribution is -2.25. The van der Waals surface area contributed by atoms with Crippen LogP contribution in [-0.4, -0.2) is 42.6 Å². The number of ether oxygens (including phenoxy) is 1. The summed E-state index contributed by atoms with van der Waals surface area (Å²) in [7, 11) is 1.65. The standard InChI is InChI=1S/C28H28F5N3O4/c1-16(36(2)14-18-8-20(40-7-3-6-37)12-25(32)27(18)33)21-5-4-17(9-26(21)35-15-38)28(39)34-13-22-23(30)10-19(29)11-24(22)31/h4-5,8-12,15-16,37H,3,6-7,13-14H2,1-2H3,(H,34,39)(H,35,38). The van der Waals surface area contributed by atoms with Crippen molar-refractivity contribution in [2.75, 3.05) is 25.6 Å². The van der Waals surface area contributed by atoms with Gasteiger partial charge >= 0.3 is 0 Å². The fraction of sp³-hybridized carbons (Fsp3) is 0.286.